The van der Waals surface area contributed by atoms with Gasteiger partial charge in [0.15, 0.2) is 5.78 Å². The molecule has 0 fully saturated rings. The number of nitrogens with zero attached hydrogens (tertiary/aromatic N) is 2. The normalized spacial score (nSPS) is 10.7. The summed E-state index contributed by atoms with van der Waals surface area (Å²) in [4.78, 5) is 22.4. The van der Waals surface area contributed by atoms with Gasteiger partial charge in [-0.3, -0.25) is 14.3 Å². The van der Waals surface area contributed by atoms with E-state index < -0.39 is 5.97 Å². The van der Waals surface area contributed by atoms with Crippen LogP contribution in [-0.4, -0.2) is 39.8 Å². The van der Waals surface area contributed by atoms with Gasteiger partial charge < -0.3 is 15.6 Å². The molecule has 106 valence electrons. The number of nitrogens with two attached hydrogens (primary N) is 1. The molecule has 1 aromatic heterocycles. The number of ether oxygens (including phenoxy) is 1. The van der Waals surface area contributed by atoms with Crippen LogP contribution in [0.2, 0.25) is 0 Å². The van der Waals surface area contributed by atoms with Crippen molar-refractivity contribution in [1.82, 2.24) is 9.78 Å². The van der Waals surface area contributed by atoms with Crippen molar-refractivity contribution in [2.75, 3.05) is 13.2 Å². The molecule has 0 aliphatic heterocycles. The van der Waals surface area contributed by atoms with Crippen LogP contribution in [0.5, 0.6) is 5.75 Å². The molecule has 7 heteroatoms. The predicted molar refractivity (Wildman–Crippen MR) is 71.9 cm³/mol. The Morgan fingerprint density at radius 2 is 2.20 bits per heavy atom. The van der Waals surface area contributed by atoms with E-state index in [1.165, 1.54) is 11.6 Å². The smallest absolute Gasteiger partial charge is 0.325 e. The minimum absolute atomic E-state index is 0.227. The standard InChI is InChI=1S/C13H15N3O4/c1-8(17)13-10-6-9(20-5-4-14)2-3-11(10)16(15-13)7-12(18)19/h2-3,6H,4-5,7,14H2,1H3,(H,18,19). The molecule has 0 amide bonds. The number of fused-ring (bicyclic) bond motifs is 1. The zero-order valence-corrected chi connectivity index (χ0v) is 11.0. The third-order valence-corrected chi connectivity index (χ3v) is 2.73. The van der Waals surface area contributed by atoms with Gasteiger partial charge in [-0.15, -0.1) is 0 Å². The van der Waals surface area contributed by atoms with Crippen LogP contribution in [0.25, 0.3) is 10.9 Å². The molecule has 3 N–H and O–H groups in total. The van der Waals surface area contributed by atoms with Crippen LogP contribution in [0, 0.1) is 0 Å². The highest BCUT2D eigenvalue weighted by Gasteiger charge is 2.16. The average molecular weight is 277 g/mol. The molecule has 1 heterocycles. The summed E-state index contributed by atoms with van der Waals surface area (Å²) in [7, 11) is 0. The van der Waals surface area contributed by atoms with Gasteiger partial charge in [0.1, 0.15) is 24.6 Å². The summed E-state index contributed by atoms with van der Waals surface area (Å²) in [6.45, 7) is 1.84. The largest absolute Gasteiger partial charge is 0.492 e. The van der Waals surface area contributed by atoms with E-state index >= 15 is 0 Å². The first kappa shape index (κ1) is 14.0. The lowest BCUT2D eigenvalue weighted by atomic mass is 10.1. The molecule has 0 saturated heterocycles. The van der Waals surface area contributed by atoms with Gasteiger partial charge in [0, 0.05) is 18.9 Å². The summed E-state index contributed by atoms with van der Waals surface area (Å²) in [6, 6.07) is 5.05. The third kappa shape index (κ3) is 2.77. The average Bonchev–Trinajstić information content (AvgIpc) is 2.74. The van der Waals surface area contributed by atoms with E-state index in [9.17, 15) is 9.59 Å². The van der Waals surface area contributed by atoms with Gasteiger partial charge in [-0.05, 0) is 18.2 Å². The third-order valence-electron chi connectivity index (χ3n) is 2.73. The SMILES string of the molecule is CC(=O)c1nn(CC(=O)O)c2ccc(OCCN)cc12. The summed E-state index contributed by atoms with van der Waals surface area (Å²) >= 11 is 0. The zero-order chi connectivity index (χ0) is 14.7. The Morgan fingerprint density at radius 1 is 1.45 bits per heavy atom. The summed E-state index contributed by atoms with van der Waals surface area (Å²) < 4.78 is 6.69. The monoisotopic (exact) mass is 277 g/mol. The molecule has 2 aromatic rings. The summed E-state index contributed by atoms with van der Waals surface area (Å²) in [5.41, 5.74) is 6.18. The molecular formula is C13H15N3O4. The number of aromatic nitrogens is 2. The van der Waals surface area contributed by atoms with Crippen LogP contribution in [0.4, 0.5) is 0 Å². The second kappa shape index (κ2) is 5.70. The van der Waals surface area contributed by atoms with E-state index in [0.717, 1.165) is 0 Å². The number of carboxylic acids is 1. The number of carboxylic acid groups (broad SMARTS) is 1. The van der Waals surface area contributed by atoms with Crippen molar-refractivity contribution in [1.29, 1.82) is 0 Å². The van der Waals surface area contributed by atoms with Gasteiger partial charge in [-0.1, -0.05) is 0 Å². The zero-order valence-electron chi connectivity index (χ0n) is 11.0. The molecule has 0 aliphatic rings. The number of hydrogen-bond donors (Lipinski definition) is 2. The lowest BCUT2D eigenvalue weighted by molar-refractivity contribution is -0.137. The molecule has 0 spiro atoms. The van der Waals surface area contributed by atoms with E-state index in [0.29, 0.717) is 29.8 Å². The highest BCUT2D eigenvalue weighted by Crippen LogP contribution is 2.24. The highest BCUT2D eigenvalue weighted by molar-refractivity contribution is 6.05. The minimum Gasteiger partial charge on any atom is -0.492 e. The van der Waals surface area contributed by atoms with Crippen molar-refractivity contribution in [3.05, 3.63) is 23.9 Å². The van der Waals surface area contributed by atoms with Crippen LogP contribution in [0.1, 0.15) is 17.4 Å². The number of aliphatic carboxylic acids is 1. The Morgan fingerprint density at radius 3 is 2.80 bits per heavy atom. The van der Waals surface area contributed by atoms with Gasteiger partial charge >= 0.3 is 5.97 Å². The van der Waals surface area contributed by atoms with Gasteiger partial charge in [0.05, 0.1) is 5.52 Å². The fourth-order valence-electron chi connectivity index (χ4n) is 1.93. The quantitative estimate of drug-likeness (QED) is 0.751. The Kier molecular flexibility index (Phi) is 3.99. The molecule has 0 bridgehead atoms. The van der Waals surface area contributed by atoms with Crippen LogP contribution in [0.3, 0.4) is 0 Å². The van der Waals surface area contributed by atoms with Crippen molar-refractivity contribution in [2.45, 2.75) is 13.5 Å². The van der Waals surface area contributed by atoms with Crippen molar-refractivity contribution in [3.8, 4) is 5.75 Å². The Balaban J connectivity index is 2.51. The summed E-state index contributed by atoms with van der Waals surface area (Å²) in [6.07, 6.45) is 0. The Labute approximate surface area is 114 Å². The van der Waals surface area contributed by atoms with Gasteiger partial charge in [0.2, 0.25) is 0 Å². The Hall–Kier alpha value is -2.41. The van der Waals surface area contributed by atoms with Gasteiger partial charge in [0.25, 0.3) is 0 Å². The first-order valence-corrected chi connectivity index (χ1v) is 6.09. The molecule has 0 radical (unpaired) electrons. The minimum atomic E-state index is -1.02. The van der Waals surface area contributed by atoms with Gasteiger partial charge in [-0.2, -0.15) is 5.10 Å². The topological polar surface area (TPSA) is 107 Å². The first-order valence-electron chi connectivity index (χ1n) is 6.09. The molecular weight excluding hydrogens is 262 g/mol. The number of carbonyl (C=O) groups is 2. The van der Waals surface area contributed by atoms with Crippen LogP contribution < -0.4 is 10.5 Å². The molecule has 20 heavy (non-hydrogen) atoms. The van der Waals surface area contributed by atoms with Crippen molar-refractivity contribution < 1.29 is 19.4 Å². The molecule has 0 aliphatic carbocycles. The molecule has 7 nitrogen and oxygen atoms in total. The van der Waals surface area contributed by atoms with Crippen LogP contribution in [0.15, 0.2) is 18.2 Å². The van der Waals surface area contributed by atoms with E-state index in [1.807, 2.05) is 0 Å². The number of rotatable bonds is 6. The lowest BCUT2D eigenvalue weighted by Crippen LogP contribution is -2.11. The number of benzene rings is 1. The van der Waals surface area contributed by atoms with E-state index in [2.05, 4.69) is 5.10 Å². The fraction of sp³-hybridized carbons (Fsp3) is 0.308. The molecule has 2 rings (SSSR count). The Bertz CT molecular complexity index is 663. The van der Waals surface area contributed by atoms with Crippen LogP contribution in [-0.2, 0) is 11.3 Å². The molecule has 1 aromatic carbocycles. The second-order valence-electron chi connectivity index (χ2n) is 4.27. The number of ketones is 1. The molecule has 0 saturated carbocycles. The molecule has 0 atom stereocenters. The van der Waals surface area contributed by atoms with E-state index in [4.69, 9.17) is 15.6 Å². The molecule has 0 unspecified atom stereocenters. The maximum Gasteiger partial charge on any atom is 0.325 e. The fourth-order valence-corrected chi connectivity index (χ4v) is 1.93. The summed E-state index contributed by atoms with van der Waals surface area (Å²) in [5, 5.41) is 13.5. The predicted octanol–water partition coefficient (Wildman–Crippen LogP) is 0.661. The van der Waals surface area contributed by atoms with Crippen molar-refractivity contribution in [3.63, 3.8) is 0 Å². The highest BCUT2D eigenvalue weighted by atomic mass is 16.5. The number of Topliss-reactive ketones (excluding diaryl/α,β-unsaturated/α-hetero) is 1. The number of hydrogen-bond acceptors (Lipinski definition) is 5. The first-order chi connectivity index (χ1) is 9.52. The van der Waals surface area contributed by atoms with E-state index in [-0.39, 0.29) is 18.0 Å². The van der Waals surface area contributed by atoms with Crippen molar-refractivity contribution in [2.24, 2.45) is 5.73 Å². The second-order valence-corrected chi connectivity index (χ2v) is 4.27. The summed E-state index contributed by atoms with van der Waals surface area (Å²) in [5.74, 6) is -0.677. The van der Waals surface area contributed by atoms with E-state index in [1.54, 1.807) is 18.2 Å². The maximum absolute atomic E-state index is 11.6. The maximum atomic E-state index is 11.6. The van der Waals surface area contributed by atoms with Gasteiger partial charge in [-0.25, -0.2) is 0 Å². The van der Waals surface area contributed by atoms with Crippen LogP contribution >= 0.6 is 0 Å². The van der Waals surface area contributed by atoms with Crippen molar-refractivity contribution >= 4 is 22.7 Å². The number of carbonyl (C=O) groups excluding carboxylic acids is 1. The lowest BCUT2D eigenvalue weighted by Gasteiger charge is -2.05.